The molecule has 3 amide bonds. The van der Waals surface area contributed by atoms with Gasteiger partial charge in [-0.15, -0.1) is 0 Å². The predicted octanol–water partition coefficient (Wildman–Crippen LogP) is 0.213. The summed E-state index contributed by atoms with van der Waals surface area (Å²) in [5.41, 5.74) is -1.22. The molecule has 2 saturated heterocycles. The third-order valence-corrected chi connectivity index (χ3v) is 6.20. The zero-order valence-electron chi connectivity index (χ0n) is 13.6. The van der Waals surface area contributed by atoms with Crippen LogP contribution in [0.5, 0.6) is 5.75 Å². The van der Waals surface area contributed by atoms with Crippen LogP contribution in [0.1, 0.15) is 12.5 Å². The van der Waals surface area contributed by atoms with Gasteiger partial charge in [-0.2, -0.15) is 8.78 Å². The van der Waals surface area contributed by atoms with Crippen LogP contribution < -0.4 is 10.1 Å². The van der Waals surface area contributed by atoms with Gasteiger partial charge in [-0.25, -0.2) is 13.2 Å². The number of amides is 3. The minimum atomic E-state index is -3.56. The Morgan fingerprint density at radius 2 is 1.88 bits per heavy atom. The number of carbonyl (C=O) groups is 2. The highest BCUT2D eigenvalue weighted by Crippen LogP contribution is 2.33. The van der Waals surface area contributed by atoms with Gasteiger partial charge in [-0.1, -0.05) is 12.1 Å². The number of nitrogens with one attached hydrogen (secondary N) is 1. The maximum absolute atomic E-state index is 12.8. The van der Waals surface area contributed by atoms with Crippen LogP contribution >= 0.6 is 0 Å². The Hall–Kier alpha value is -2.27. The minimum absolute atomic E-state index is 0.113. The smallest absolute Gasteiger partial charge is 0.387 e. The molecule has 0 bridgehead atoms. The standard InChI is InChI=1S/C15H16F2N2O6S/c1-15(8-2-4-9(5-3-8)25-13(16)17)12(21)19(14(22)18-15)10-6-26(23,24)7-11(10)20/h2-5,10-11,13,20H,6-7H2,1H3,(H,18,22)/t10-,11-,15+/m0/s1. The van der Waals surface area contributed by atoms with Gasteiger partial charge in [0.15, 0.2) is 9.84 Å². The van der Waals surface area contributed by atoms with Crippen molar-refractivity contribution in [2.45, 2.75) is 31.2 Å². The highest BCUT2D eigenvalue weighted by atomic mass is 32.2. The number of ether oxygens (including phenoxy) is 1. The lowest BCUT2D eigenvalue weighted by Gasteiger charge is -2.25. The van der Waals surface area contributed by atoms with Crippen LogP contribution in [-0.4, -0.2) is 60.6 Å². The molecular formula is C15H16F2N2O6S. The molecule has 142 valence electrons. The largest absolute Gasteiger partial charge is 0.435 e. The van der Waals surface area contributed by atoms with Gasteiger partial charge in [0.1, 0.15) is 11.3 Å². The fourth-order valence-electron chi connectivity index (χ4n) is 3.18. The number of urea groups is 1. The lowest BCUT2D eigenvalue weighted by Crippen LogP contribution is -2.48. The average Bonchev–Trinajstić information content (AvgIpc) is 2.92. The second kappa shape index (κ2) is 6.16. The zero-order valence-corrected chi connectivity index (χ0v) is 14.4. The summed E-state index contributed by atoms with van der Waals surface area (Å²) in [7, 11) is -3.56. The summed E-state index contributed by atoms with van der Waals surface area (Å²) in [6, 6.07) is 3.15. The number of benzene rings is 1. The van der Waals surface area contributed by atoms with Crippen molar-refractivity contribution in [2.75, 3.05) is 11.5 Å². The number of carbonyl (C=O) groups excluding carboxylic acids is 2. The van der Waals surface area contributed by atoms with Crippen molar-refractivity contribution in [2.24, 2.45) is 0 Å². The monoisotopic (exact) mass is 390 g/mol. The fraction of sp³-hybridized carbons (Fsp3) is 0.467. The molecule has 0 radical (unpaired) electrons. The van der Waals surface area contributed by atoms with Gasteiger partial charge in [0, 0.05) is 0 Å². The number of sulfone groups is 1. The van der Waals surface area contributed by atoms with E-state index in [2.05, 4.69) is 10.1 Å². The summed E-state index contributed by atoms with van der Waals surface area (Å²) in [5.74, 6) is -1.88. The SMILES string of the molecule is C[C@]1(c2ccc(OC(F)F)cc2)NC(=O)N([C@H]2CS(=O)(=O)C[C@@H]2O)C1=O. The van der Waals surface area contributed by atoms with Gasteiger partial charge in [0.25, 0.3) is 5.91 Å². The number of aliphatic hydroxyl groups excluding tert-OH is 1. The van der Waals surface area contributed by atoms with Gasteiger partial charge < -0.3 is 15.2 Å². The summed E-state index contributed by atoms with van der Waals surface area (Å²) < 4.78 is 52.0. The van der Waals surface area contributed by atoms with E-state index in [1.54, 1.807) is 0 Å². The molecule has 2 aliphatic rings. The van der Waals surface area contributed by atoms with Gasteiger partial charge in [0.2, 0.25) is 0 Å². The lowest BCUT2D eigenvalue weighted by molar-refractivity contribution is -0.133. The summed E-state index contributed by atoms with van der Waals surface area (Å²) in [5, 5.41) is 12.4. The van der Waals surface area contributed by atoms with Crippen LogP contribution in [0.3, 0.4) is 0 Å². The van der Waals surface area contributed by atoms with E-state index >= 15 is 0 Å². The Morgan fingerprint density at radius 3 is 2.38 bits per heavy atom. The van der Waals surface area contributed by atoms with E-state index in [9.17, 15) is 31.9 Å². The molecule has 0 saturated carbocycles. The van der Waals surface area contributed by atoms with E-state index in [-0.39, 0.29) is 5.75 Å². The maximum atomic E-state index is 12.8. The van der Waals surface area contributed by atoms with Crippen LogP contribution in [0, 0.1) is 0 Å². The molecule has 2 N–H and O–H groups in total. The second-order valence-electron chi connectivity index (χ2n) is 6.34. The van der Waals surface area contributed by atoms with E-state index in [0.29, 0.717) is 5.56 Å². The third kappa shape index (κ3) is 3.12. The molecule has 2 fully saturated rings. The molecule has 1 aromatic rings. The Balaban J connectivity index is 1.87. The predicted molar refractivity (Wildman–Crippen MR) is 84.3 cm³/mol. The Morgan fingerprint density at radius 1 is 1.27 bits per heavy atom. The molecule has 0 aromatic heterocycles. The molecule has 1 aromatic carbocycles. The van der Waals surface area contributed by atoms with E-state index in [1.807, 2.05) is 0 Å². The fourth-order valence-corrected chi connectivity index (χ4v) is 4.95. The van der Waals surface area contributed by atoms with Crippen molar-refractivity contribution >= 4 is 21.8 Å². The number of halogens is 2. The molecule has 26 heavy (non-hydrogen) atoms. The molecule has 0 aliphatic carbocycles. The van der Waals surface area contributed by atoms with E-state index < -0.39 is 57.6 Å². The van der Waals surface area contributed by atoms with Crippen molar-refractivity contribution in [3.63, 3.8) is 0 Å². The molecule has 2 heterocycles. The van der Waals surface area contributed by atoms with E-state index in [1.165, 1.54) is 31.2 Å². The molecule has 0 spiro atoms. The first-order valence-electron chi connectivity index (χ1n) is 7.63. The maximum Gasteiger partial charge on any atom is 0.387 e. The highest BCUT2D eigenvalue weighted by Gasteiger charge is 2.55. The zero-order chi connectivity index (χ0) is 19.3. The Labute approximate surface area is 147 Å². The molecule has 2 aliphatic heterocycles. The third-order valence-electron chi connectivity index (χ3n) is 4.50. The molecule has 8 nitrogen and oxygen atoms in total. The summed E-state index contributed by atoms with van der Waals surface area (Å²) in [6.07, 6.45) is -1.36. The number of rotatable bonds is 4. The second-order valence-corrected chi connectivity index (χ2v) is 8.50. The quantitative estimate of drug-likeness (QED) is 0.711. The van der Waals surface area contributed by atoms with Crippen molar-refractivity contribution in [1.29, 1.82) is 0 Å². The van der Waals surface area contributed by atoms with Gasteiger partial charge >= 0.3 is 12.6 Å². The Kier molecular flexibility index (Phi) is 4.39. The van der Waals surface area contributed by atoms with Crippen molar-refractivity contribution in [3.8, 4) is 5.75 Å². The van der Waals surface area contributed by atoms with Gasteiger partial charge in [0.05, 0.1) is 23.7 Å². The summed E-state index contributed by atoms with van der Waals surface area (Å²) >= 11 is 0. The van der Waals surface area contributed by atoms with Crippen molar-refractivity contribution in [3.05, 3.63) is 29.8 Å². The summed E-state index contributed by atoms with van der Waals surface area (Å²) in [6.45, 7) is -1.59. The number of hydrogen-bond donors (Lipinski definition) is 2. The van der Waals surface area contributed by atoms with E-state index in [4.69, 9.17) is 0 Å². The molecular weight excluding hydrogens is 374 g/mol. The number of aliphatic hydroxyl groups is 1. The number of imide groups is 1. The first kappa shape index (κ1) is 18.5. The molecule has 0 unspecified atom stereocenters. The first-order valence-corrected chi connectivity index (χ1v) is 9.45. The van der Waals surface area contributed by atoms with Gasteiger partial charge in [-0.3, -0.25) is 9.69 Å². The van der Waals surface area contributed by atoms with Crippen molar-refractivity contribution < 1.29 is 36.6 Å². The van der Waals surface area contributed by atoms with Gasteiger partial charge in [-0.05, 0) is 24.6 Å². The van der Waals surface area contributed by atoms with Crippen LogP contribution in [0.15, 0.2) is 24.3 Å². The lowest BCUT2D eigenvalue weighted by atomic mass is 9.91. The average molecular weight is 390 g/mol. The Bertz CT molecular complexity index is 844. The first-order chi connectivity index (χ1) is 12.0. The number of alkyl halides is 2. The van der Waals surface area contributed by atoms with Crippen LogP contribution in [0.2, 0.25) is 0 Å². The molecule has 3 rings (SSSR count). The minimum Gasteiger partial charge on any atom is -0.435 e. The topological polar surface area (TPSA) is 113 Å². The van der Waals surface area contributed by atoms with Crippen LogP contribution in [0.25, 0.3) is 0 Å². The van der Waals surface area contributed by atoms with Crippen LogP contribution in [-0.2, 0) is 20.2 Å². The summed E-state index contributed by atoms with van der Waals surface area (Å²) in [4.78, 5) is 25.8. The van der Waals surface area contributed by atoms with Crippen LogP contribution in [0.4, 0.5) is 13.6 Å². The molecule has 3 atom stereocenters. The molecule has 11 heteroatoms. The normalized spacial score (nSPS) is 30.7. The van der Waals surface area contributed by atoms with E-state index in [0.717, 1.165) is 4.90 Å². The number of nitrogens with zero attached hydrogens (tertiary/aromatic N) is 1. The van der Waals surface area contributed by atoms with Crippen molar-refractivity contribution in [1.82, 2.24) is 10.2 Å². The highest BCUT2D eigenvalue weighted by molar-refractivity contribution is 7.91. The number of hydrogen-bond acceptors (Lipinski definition) is 6.